The third kappa shape index (κ3) is 5.41. The Morgan fingerprint density at radius 1 is 1.14 bits per heavy atom. The molecule has 3 heteroatoms. The van der Waals surface area contributed by atoms with Gasteiger partial charge in [0.25, 0.3) is 0 Å². The number of amides is 2. The first-order valence-corrected chi connectivity index (χ1v) is 8.27. The molecule has 0 bridgehead atoms. The Morgan fingerprint density at radius 2 is 1.81 bits per heavy atom. The van der Waals surface area contributed by atoms with Gasteiger partial charge in [0.05, 0.1) is 6.04 Å². The summed E-state index contributed by atoms with van der Waals surface area (Å²) in [6.07, 6.45) is 6.97. The first-order valence-electron chi connectivity index (χ1n) is 8.27. The lowest BCUT2D eigenvalue weighted by molar-refractivity contribution is 0.227. The summed E-state index contributed by atoms with van der Waals surface area (Å²) in [5, 5.41) is 6.30. The Morgan fingerprint density at radius 3 is 2.43 bits per heavy atom. The lowest BCUT2D eigenvalue weighted by atomic mass is 9.95. The third-order valence-corrected chi connectivity index (χ3v) is 4.15. The molecule has 2 rings (SSSR count). The second-order valence-corrected chi connectivity index (χ2v) is 6.55. The van der Waals surface area contributed by atoms with Crippen molar-refractivity contribution in [3.63, 3.8) is 0 Å². The summed E-state index contributed by atoms with van der Waals surface area (Å²) in [6.45, 7) is 4.38. The number of urea groups is 1. The summed E-state index contributed by atoms with van der Waals surface area (Å²) in [5.41, 5.74) is 1.19. The Hall–Kier alpha value is -1.51. The van der Waals surface area contributed by atoms with Gasteiger partial charge in [-0.15, -0.1) is 0 Å². The number of carbonyl (C=O) groups excluding carboxylic acids is 1. The van der Waals surface area contributed by atoms with Gasteiger partial charge >= 0.3 is 6.03 Å². The number of hydrogen-bond acceptors (Lipinski definition) is 1. The van der Waals surface area contributed by atoms with Crippen LogP contribution < -0.4 is 10.6 Å². The fraction of sp³-hybridized carbons (Fsp3) is 0.611. The minimum absolute atomic E-state index is 0.0172. The summed E-state index contributed by atoms with van der Waals surface area (Å²) in [6, 6.07) is 10.7. The van der Waals surface area contributed by atoms with E-state index in [0.29, 0.717) is 12.0 Å². The zero-order valence-electron chi connectivity index (χ0n) is 13.3. The predicted molar refractivity (Wildman–Crippen MR) is 87.2 cm³/mol. The molecule has 1 aromatic carbocycles. The highest BCUT2D eigenvalue weighted by Crippen LogP contribution is 2.21. The van der Waals surface area contributed by atoms with Gasteiger partial charge in [-0.3, -0.25) is 0 Å². The van der Waals surface area contributed by atoms with Crippen LogP contribution in [0.4, 0.5) is 4.79 Å². The van der Waals surface area contributed by atoms with Gasteiger partial charge in [0.15, 0.2) is 0 Å². The molecule has 1 atom stereocenters. The van der Waals surface area contributed by atoms with Crippen LogP contribution in [0.15, 0.2) is 30.3 Å². The largest absolute Gasteiger partial charge is 0.335 e. The second kappa shape index (κ2) is 8.06. The van der Waals surface area contributed by atoms with Crippen molar-refractivity contribution in [1.82, 2.24) is 10.6 Å². The van der Waals surface area contributed by atoms with E-state index in [1.165, 1.54) is 24.8 Å². The molecule has 0 spiro atoms. The fourth-order valence-corrected chi connectivity index (χ4v) is 3.07. The molecule has 0 heterocycles. The molecule has 1 fully saturated rings. The zero-order valence-corrected chi connectivity index (χ0v) is 13.3. The van der Waals surface area contributed by atoms with E-state index in [4.69, 9.17) is 0 Å². The van der Waals surface area contributed by atoms with Gasteiger partial charge in [-0.2, -0.15) is 0 Å². The second-order valence-electron chi connectivity index (χ2n) is 6.55. The van der Waals surface area contributed by atoms with Crippen LogP contribution in [-0.4, -0.2) is 12.1 Å². The van der Waals surface area contributed by atoms with Crippen molar-refractivity contribution in [2.24, 2.45) is 5.92 Å². The van der Waals surface area contributed by atoms with Gasteiger partial charge in [0.2, 0.25) is 0 Å². The van der Waals surface area contributed by atoms with Crippen LogP contribution in [-0.2, 0) is 0 Å². The van der Waals surface area contributed by atoms with Crippen LogP contribution in [0.2, 0.25) is 0 Å². The maximum atomic E-state index is 12.3. The Labute approximate surface area is 128 Å². The molecule has 1 saturated carbocycles. The van der Waals surface area contributed by atoms with Gasteiger partial charge in [-0.1, -0.05) is 63.4 Å². The number of hydrogen-bond donors (Lipinski definition) is 2. The minimum Gasteiger partial charge on any atom is -0.335 e. The van der Waals surface area contributed by atoms with E-state index in [9.17, 15) is 4.79 Å². The standard InChI is InChI=1S/C18H28N2O/c1-14(2)13-17(15-9-5-3-6-10-15)20-18(21)19-16-11-7-4-8-12-16/h3,5-6,9-10,14,16-17H,4,7-8,11-13H2,1-2H3,(H2,19,20,21)/t17-/m0/s1. The first-order chi connectivity index (χ1) is 10.1. The van der Waals surface area contributed by atoms with E-state index < -0.39 is 0 Å². The lowest BCUT2D eigenvalue weighted by Gasteiger charge is -2.26. The van der Waals surface area contributed by atoms with Crippen LogP contribution in [0, 0.1) is 5.92 Å². The number of benzene rings is 1. The highest BCUT2D eigenvalue weighted by molar-refractivity contribution is 5.74. The molecular formula is C18H28N2O. The van der Waals surface area contributed by atoms with E-state index in [-0.39, 0.29) is 12.1 Å². The number of nitrogens with one attached hydrogen (secondary N) is 2. The molecule has 2 amide bonds. The maximum absolute atomic E-state index is 12.3. The molecule has 3 nitrogen and oxygen atoms in total. The van der Waals surface area contributed by atoms with Crippen molar-refractivity contribution in [3.8, 4) is 0 Å². The van der Waals surface area contributed by atoms with Crippen LogP contribution in [0.3, 0.4) is 0 Å². The van der Waals surface area contributed by atoms with E-state index in [1.54, 1.807) is 0 Å². The van der Waals surface area contributed by atoms with Crippen LogP contribution >= 0.6 is 0 Å². The SMILES string of the molecule is CC(C)C[C@H](NC(=O)NC1CCCCC1)c1ccccc1. The van der Waals surface area contributed by atoms with Gasteiger partial charge < -0.3 is 10.6 Å². The molecule has 0 saturated heterocycles. The first kappa shape index (κ1) is 15.9. The third-order valence-electron chi connectivity index (χ3n) is 4.15. The normalized spacial score (nSPS) is 17.5. The zero-order chi connectivity index (χ0) is 15.1. The molecule has 0 unspecified atom stereocenters. The maximum Gasteiger partial charge on any atom is 0.315 e. The molecule has 2 N–H and O–H groups in total. The molecule has 0 aromatic heterocycles. The van der Waals surface area contributed by atoms with Gasteiger partial charge in [0.1, 0.15) is 0 Å². The molecule has 0 aliphatic heterocycles. The molecule has 1 aromatic rings. The van der Waals surface area contributed by atoms with Crippen molar-refractivity contribution in [2.75, 3.05) is 0 Å². The van der Waals surface area contributed by atoms with Crippen molar-refractivity contribution in [1.29, 1.82) is 0 Å². The summed E-state index contributed by atoms with van der Waals surface area (Å²) < 4.78 is 0. The summed E-state index contributed by atoms with van der Waals surface area (Å²) in [4.78, 5) is 12.3. The summed E-state index contributed by atoms with van der Waals surface area (Å²) in [7, 11) is 0. The van der Waals surface area contributed by atoms with Gasteiger partial charge in [-0.05, 0) is 30.7 Å². The van der Waals surface area contributed by atoms with Crippen molar-refractivity contribution < 1.29 is 4.79 Å². The monoisotopic (exact) mass is 288 g/mol. The van der Waals surface area contributed by atoms with E-state index in [0.717, 1.165) is 19.3 Å². The smallest absolute Gasteiger partial charge is 0.315 e. The van der Waals surface area contributed by atoms with Gasteiger partial charge in [-0.25, -0.2) is 4.79 Å². The molecule has 0 radical (unpaired) electrons. The highest BCUT2D eigenvalue weighted by Gasteiger charge is 2.19. The number of carbonyl (C=O) groups is 1. The highest BCUT2D eigenvalue weighted by atomic mass is 16.2. The quantitative estimate of drug-likeness (QED) is 0.828. The van der Waals surface area contributed by atoms with Crippen molar-refractivity contribution >= 4 is 6.03 Å². The van der Waals surface area contributed by atoms with Crippen molar-refractivity contribution in [3.05, 3.63) is 35.9 Å². The molecule has 1 aliphatic rings. The van der Waals surface area contributed by atoms with Crippen LogP contribution in [0.5, 0.6) is 0 Å². The number of rotatable bonds is 5. The van der Waals surface area contributed by atoms with Gasteiger partial charge in [0, 0.05) is 6.04 Å². The summed E-state index contributed by atoms with van der Waals surface area (Å²) >= 11 is 0. The fourth-order valence-electron chi connectivity index (χ4n) is 3.07. The molecule has 116 valence electrons. The van der Waals surface area contributed by atoms with E-state index in [1.807, 2.05) is 18.2 Å². The minimum atomic E-state index is -0.0172. The Kier molecular flexibility index (Phi) is 6.09. The topological polar surface area (TPSA) is 41.1 Å². The van der Waals surface area contributed by atoms with Crippen molar-refractivity contribution in [2.45, 2.75) is 64.5 Å². The Bertz CT molecular complexity index is 424. The van der Waals surface area contributed by atoms with Crippen LogP contribution in [0.1, 0.15) is 64.0 Å². The average molecular weight is 288 g/mol. The molecular weight excluding hydrogens is 260 g/mol. The Balaban J connectivity index is 1.92. The average Bonchev–Trinajstić information content (AvgIpc) is 2.48. The van der Waals surface area contributed by atoms with E-state index in [2.05, 4.69) is 36.6 Å². The van der Waals surface area contributed by atoms with Crippen LogP contribution in [0.25, 0.3) is 0 Å². The molecule has 21 heavy (non-hydrogen) atoms. The van der Waals surface area contributed by atoms with E-state index >= 15 is 0 Å². The predicted octanol–water partition coefficient (Wildman–Crippen LogP) is 4.41. The molecule has 1 aliphatic carbocycles. The lowest BCUT2D eigenvalue weighted by Crippen LogP contribution is -2.44. The summed E-state index contributed by atoms with van der Waals surface area (Å²) in [5.74, 6) is 0.546.